The van der Waals surface area contributed by atoms with E-state index in [1.165, 1.54) is 6.07 Å². The molecule has 0 saturated carbocycles. The van der Waals surface area contributed by atoms with Crippen LogP contribution in [0.1, 0.15) is 10.4 Å². The van der Waals surface area contributed by atoms with Crippen molar-refractivity contribution in [1.29, 1.82) is 0 Å². The highest BCUT2D eigenvalue weighted by atomic mass is 79.9. The maximum Gasteiger partial charge on any atom is 0.182 e. The number of halogens is 3. The zero-order chi connectivity index (χ0) is 13.1. The van der Waals surface area contributed by atoms with Crippen LogP contribution in [0.25, 0.3) is 0 Å². The van der Waals surface area contributed by atoms with E-state index in [1.807, 2.05) is 4.90 Å². The molecule has 18 heavy (non-hydrogen) atoms. The molecule has 0 atom stereocenters. The Hall–Kier alpha value is -0.850. The van der Waals surface area contributed by atoms with Crippen molar-refractivity contribution < 1.29 is 13.6 Å². The Balaban J connectivity index is 2.15. The second-order valence-corrected chi connectivity index (χ2v) is 5.02. The summed E-state index contributed by atoms with van der Waals surface area (Å²) in [5.74, 6) is -2.15. The van der Waals surface area contributed by atoms with Crippen LogP contribution in [0.2, 0.25) is 0 Å². The topological polar surface area (TPSA) is 32.3 Å². The van der Waals surface area contributed by atoms with Gasteiger partial charge in [-0.2, -0.15) is 0 Å². The number of nitrogens with zero attached hydrogens (tertiary/aromatic N) is 1. The molecule has 3 nitrogen and oxygen atoms in total. The number of rotatable bonds is 3. The van der Waals surface area contributed by atoms with Gasteiger partial charge >= 0.3 is 0 Å². The molecule has 0 radical (unpaired) electrons. The number of carbonyl (C=O) groups is 1. The van der Waals surface area contributed by atoms with E-state index < -0.39 is 23.0 Å². The Labute approximate surface area is 112 Å². The van der Waals surface area contributed by atoms with Crippen molar-refractivity contribution in [2.45, 2.75) is 0 Å². The summed E-state index contributed by atoms with van der Waals surface area (Å²) in [6.07, 6.45) is 0. The monoisotopic (exact) mass is 318 g/mol. The summed E-state index contributed by atoms with van der Waals surface area (Å²) >= 11 is 2.96. The van der Waals surface area contributed by atoms with Crippen molar-refractivity contribution in [3.63, 3.8) is 0 Å². The van der Waals surface area contributed by atoms with Gasteiger partial charge in [0.15, 0.2) is 11.6 Å². The van der Waals surface area contributed by atoms with Gasteiger partial charge in [-0.15, -0.1) is 0 Å². The molecule has 1 heterocycles. The molecule has 0 amide bonds. The third-order valence-electron chi connectivity index (χ3n) is 2.90. The number of hydrogen-bond donors (Lipinski definition) is 1. The molecule has 1 aliphatic rings. The first-order valence-corrected chi connectivity index (χ1v) is 6.48. The van der Waals surface area contributed by atoms with Crippen LogP contribution >= 0.6 is 15.9 Å². The minimum absolute atomic E-state index is 0.0476. The number of nitrogens with one attached hydrogen (secondary N) is 1. The minimum Gasteiger partial charge on any atom is -0.314 e. The second kappa shape index (κ2) is 5.86. The quantitative estimate of drug-likeness (QED) is 0.681. The average Bonchev–Trinajstić information content (AvgIpc) is 2.36. The molecule has 0 aliphatic carbocycles. The van der Waals surface area contributed by atoms with Crippen LogP contribution in [0.15, 0.2) is 16.6 Å². The molecule has 1 N–H and O–H groups in total. The molecule has 98 valence electrons. The Bertz CT molecular complexity index is 462. The van der Waals surface area contributed by atoms with Crippen molar-refractivity contribution in [3.05, 3.63) is 33.8 Å². The van der Waals surface area contributed by atoms with Gasteiger partial charge in [0.2, 0.25) is 0 Å². The maximum absolute atomic E-state index is 13.7. The predicted octanol–water partition coefficient (Wildman–Crippen LogP) is 1.82. The first kappa shape index (κ1) is 13.6. The van der Waals surface area contributed by atoms with Gasteiger partial charge in [-0.05, 0) is 28.1 Å². The lowest BCUT2D eigenvalue weighted by atomic mass is 10.1. The summed E-state index contributed by atoms with van der Waals surface area (Å²) in [4.78, 5) is 13.8. The van der Waals surface area contributed by atoms with Gasteiger partial charge in [-0.25, -0.2) is 8.78 Å². The Kier molecular flexibility index (Phi) is 4.42. The lowest BCUT2D eigenvalue weighted by molar-refractivity contribution is 0.0913. The fraction of sp³-hybridized carbons (Fsp3) is 0.417. The number of ketones is 1. The van der Waals surface area contributed by atoms with Crippen LogP contribution in [-0.2, 0) is 0 Å². The number of benzene rings is 1. The van der Waals surface area contributed by atoms with Crippen LogP contribution in [-0.4, -0.2) is 43.4 Å². The van der Waals surface area contributed by atoms with Crippen LogP contribution in [0.4, 0.5) is 8.78 Å². The SMILES string of the molecule is O=C(CN1CCNCC1)c1c(F)ccc(Br)c1F. The highest BCUT2D eigenvalue weighted by Crippen LogP contribution is 2.22. The Morgan fingerprint density at radius 2 is 2.00 bits per heavy atom. The number of hydrogen-bond acceptors (Lipinski definition) is 3. The molecule has 1 aromatic rings. The molecule has 0 bridgehead atoms. The molecule has 0 unspecified atom stereocenters. The zero-order valence-electron chi connectivity index (χ0n) is 9.68. The van der Waals surface area contributed by atoms with E-state index in [-0.39, 0.29) is 11.0 Å². The summed E-state index contributed by atoms with van der Waals surface area (Å²) in [5, 5.41) is 3.15. The van der Waals surface area contributed by atoms with Crippen LogP contribution < -0.4 is 5.32 Å². The normalized spacial score (nSPS) is 16.8. The summed E-state index contributed by atoms with van der Waals surface area (Å²) in [6, 6.07) is 2.35. The molecular formula is C12H13BrF2N2O. The molecule has 1 saturated heterocycles. The van der Waals surface area contributed by atoms with Crippen molar-refractivity contribution in [3.8, 4) is 0 Å². The van der Waals surface area contributed by atoms with E-state index in [0.717, 1.165) is 19.2 Å². The lowest BCUT2D eigenvalue weighted by Crippen LogP contribution is -2.45. The summed E-state index contributed by atoms with van der Waals surface area (Å²) < 4.78 is 27.4. The summed E-state index contributed by atoms with van der Waals surface area (Å²) in [6.45, 7) is 3.05. The van der Waals surface area contributed by atoms with Crippen molar-refractivity contribution in [1.82, 2.24) is 10.2 Å². The third kappa shape index (κ3) is 2.93. The van der Waals surface area contributed by atoms with Gasteiger partial charge in [-0.3, -0.25) is 9.69 Å². The molecule has 1 fully saturated rings. The van der Waals surface area contributed by atoms with Gasteiger partial charge < -0.3 is 5.32 Å². The van der Waals surface area contributed by atoms with Gasteiger partial charge in [0.05, 0.1) is 16.6 Å². The highest BCUT2D eigenvalue weighted by molar-refractivity contribution is 9.10. The molecular weight excluding hydrogens is 306 g/mol. The van der Waals surface area contributed by atoms with Gasteiger partial charge in [0.25, 0.3) is 0 Å². The summed E-state index contributed by atoms with van der Waals surface area (Å²) in [5.41, 5.74) is -0.456. The maximum atomic E-state index is 13.7. The van der Waals surface area contributed by atoms with Crippen LogP contribution in [0, 0.1) is 11.6 Å². The highest BCUT2D eigenvalue weighted by Gasteiger charge is 2.22. The fourth-order valence-corrected chi connectivity index (χ4v) is 2.26. The Morgan fingerprint density at radius 3 is 2.67 bits per heavy atom. The van der Waals surface area contributed by atoms with Crippen LogP contribution in [0.5, 0.6) is 0 Å². The smallest absolute Gasteiger partial charge is 0.182 e. The molecule has 0 aromatic heterocycles. The van der Waals surface area contributed by atoms with E-state index in [1.54, 1.807) is 0 Å². The number of piperazine rings is 1. The standard InChI is InChI=1S/C12H13BrF2N2O/c13-8-1-2-9(14)11(12(8)15)10(18)7-17-5-3-16-4-6-17/h1-2,16H,3-7H2. The molecule has 1 aromatic carbocycles. The van der Waals surface area contributed by atoms with Crippen molar-refractivity contribution in [2.24, 2.45) is 0 Å². The lowest BCUT2D eigenvalue weighted by Gasteiger charge is -2.26. The van der Waals surface area contributed by atoms with E-state index in [9.17, 15) is 13.6 Å². The van der Waals surface area contributed by atoms with E-state index in [4.69, 9.17) is 0 Å². The number of Topliss-reactive ketones (excluding diaryl/α,β-unsaturated/α-hetero) is 1. The van der Waals surface area contributed by atoms with Gasteiger partial charge in [0, 0.05) is 26.2 Å². The average molecular weight is 319 g/mol. The molecule has 0 spiro atoms. The van der Waals surface area contributed by atoms with Gasteiger partial charge in [0.1, 0.15) is 5.82 Å². The zero-order valence-corrected chi connectivity index (χ0v) is 11.3. The fourth-order valence-electron chi connectivity index (χ4n) is 1.93. The predicted molar refractivity (Wildman–Crippen MR) is 67.7 cm³/mol. The van der Waals surface area contributed by atoms with Crippen molar-refractivity contribution in [2.75, 3.05) is 32.7 Å². The number of carbonyl (C=O) groups excluding carboxylic acids is 1. The molecule has 2 rings (SSSR count). The van der Waals surface area contributed by atoms with Gasteiger partial charge in [-0.1, -0.05) is 0 Å². The minimum atomic E-state index is -0.824. The molecule has 6 heteroatoms. The van der Waals surface area contributed by atoms with E-state index in [0.29, 0.717) is 13.1 Å². The van der Waals surface area contributed by atoms with Crippen molar-refractivity contribution >= 4 is 21.7 Å². The first-order valence-electron chi connectivity index (χ1n) is 5.69. The van der Waals surface area contributed by atoms with Crippen LogP contribution in [0.3, 0.4) is 0 Å². The molecule has 1 aliphatic heterocycles. The second-order valence-electron chi connectivity index (χ2n) is 4.17. The summed E-state index contributed by atoms with van der Waals surface area (Å²) in [7, 11) is 0. The largest absolute Gasteiger partial charge is 0.314 e. The third-order valence-corrected chi connectivity index (χ3v) is 3.51. The Morgan fingerprint density at radius 1 is 1.33 bits per heavy atom. The van der Waals surface area contributed by atoms with E-state index >= 15 is 0 Å². The first-order chi connectivity index (χ1) is 8.59. The van der Waals surface area contributed by atoms with E-state index in [2.05, 4.69) is 21.2 Å².